The molecule has 0 aliphatic heterocycles. The summed E-state index contributed by atoms with van der Waals surface area (Å²) in [7, 11) is 1.67. The maximum Gasteiger partial charge on any atom is 0.141 e. The molecule has 3 N–H and O–H groups in total. The Morgan fingerprint density at radius 2 is 2.05 bits per heavy atom. The maximum absolute atomic E-state index is 9.82. The fourth-order valence-corrected chi connectivity index (χ4v) is 2.39. The first kappa shape index (κ1) is 13.5. The van der Waals surface area contributed by atoms with Crippen molar-refractivity contribution in [1.29, 1.82) is 0 Å². The molecular formula is C16H17N3O2. The third-order valence-electron chi connectivity index (χ3n) is 3.46. The lowest BCUT2D eigenvalue weighted by molar-refractivity contribution is 0.188. The lowest BCUT2D eigenvalue weighted by atomic mass is 10.2. The first-order valence-electron chi connectivity index (χ1n) is 6.74. The lowest BCUT2D eigenvalue weighted by Crippen LogP contribution is -2.06. The summed E-state index contributed by atoms with van der Waals surface area (Å²) in [6, 6.07) is 13.1. The van der Waals surface area contributed by atoms with Crippen LogP contribution in [0, 0.1) is 0 Å². The molecule has 0 fully saturated rings. The Kier molecular flexibility index (Phi) is 3.50. The monoisotopic (exact) mass is 283 g/mol. The number of imidazole rings is 1. The van der Waals surface area contributed by atoms with Crippen LogP contribution >= 0.6 is 0 Å². The zero-order valence-corrected chi connectivity index (χ0v) is 11.8. The summed E-state index contributed by atoms with van der Waals surface area (Å²) in [6.45, 7) is 1.28. The number of fused-ring (bicyclic) bond motifs is 1. The Morgan fingerprint density at radius 3 is 2.81 bits per heavy atom. The first-order valence-corrected chi connectivity index (χ1v) is 6.74. The number of phenols is 1. The van der Waals surface area contributed by atoms with Crippen molar-refractivity contribution in [3.8, 4) is 17.1 Å². The van der Waals surface area contributed by atoms with Gasteiger partial charge in [0, 0.05) is 19.2 Å². The third-order valence-corrected chi connectivity index (χ3v) is 3.46. The molecule has 3 aromatic rings. The van der Waals surface area contributed by atoms with Crippen molar-refractivity contribution >= 4 is 16.7 Å². The number of anilines is 1. The van der Waals surface area contributed by atoms with Crippen molar-refractivity contribution in [2.75, 3.05) is 19.5 Å². The minimum atomic E-state index is 0.0675. The van der Waals surface area contributed by atoms with Gasteiger partial charge in [-0.1, -0.05) is 12.1 Å². The molecular weight excluding hydrogens is 266 g/mol. The molecule has 0 saturated heterocycles. The molecule has 108 valence electrons. The van der Waals surface area contributed by atoms with Crippen molar-refractivity contribution in [2.45, 2.75) is 6.54 Å². The average Bonchev–Trinajstić information content (AvgIpc) is 2.86. The van der Waals surface area contributed by atoms with Crippen LogP contribution in [0.3, 0.4) is 0 Å². The van der Waals surface area contributed by atoms with E-state index in [1.807, 2.05) is 30.3 Å². The quantitative estimate of drug-likeness (QED) is 0.570. The number of phenolic OH excluding ortho intramolecular Hbond substituents is 1. The molecule has 1 aromatic heterocycles. The van der Waals surface area contributed by atoms with Gasteiger partial charge >= 0.3 is 0 Å². The van der Waals surface area contributed by atoms with Crippen molar-refractivity contribution in [2.24, 2.45) is 0 Å². The van der Waals surface area contributed by atoms with Crippen LogP contribution < -0.4 is 5.73 Å². The van der Waals surface area contributed by atoms with E-state index in [0.29, 0.717) is 18.8 Å². The molecule has 0 amide bonds. The van der Waals surface area contributed by atoms with E-state index in [2.05, 4.69) is 9.55 Å². The van der Waals surface area contributed by atoms with Gasteiger partial charge in [-0.25, -0.2) is 4.98 Å². The van der Waals surface area contributed by atoms with Crippen LogP contribution in [-0.4, -0.2) is 28.4 Å². The Morgan fingerprint density at radius 1 is 1.24 bits per heavy atom. The molecule has 0 unspecified atom stereocenters. The Balaban J connectivity index is 2.17. The molecule has 5 heteroatoms. The summed E-state index contributed by atoms with van der Waals surface area (Å²) >= 11 is 0. The van der Waals surface area contributed by atoms with E-state index in [0.717, 1.165) is 22.4 Å². The van der Waals surface area contributed by atoms with Crippen molar-refractivity contribution in [3.05, 3.63) is 42.5 Å². The minimum Gasteiger partial charge on any atom is -0.506 e. The van der Waals surface area contributed by atoms with Crippen LogP contribution in [0.1, 0.15) is 0 Å². The van der Waals surface area contributed by atoms with E-state index in [-0.39, 0.29) is 5.75 Å². The van der Waals surface area contributed by atoms with Crippen LogP contribution in [-0.2, 0) is 11.3 Å². The number of rotatable bonds is 4. The number of hydrogen-bond donors (Lipinski definition) is 2. The standard InChI is InChI=1S/C16H17N3O2/c1-21-9-8-19-14-5-3-2-4-13(14)18-16(19)11-6-7-12(17)15(20)10-11/h2-7,10,20H,8-9,17H2,1H3. The average molecular weight is 283 g/mol. The number of hydrogen-bond acceptors (Lipinski definition) is 4. The maximum atomic E-state index is 9.82. The van der Waals surface area contributed by atoms with E-state index >= 15 is 0 Å². The van der Waals surface area contributed by atoms with Crippen LogP contribution in [0.25, 0.3) is 22.4 Å². The second-order valence-corrected chi connectivity index (χ2v) is 4.84. The predicted octanol–water partition coefficient (Wildman–Crippen LogP) is 2.64. The molecule has 0 spiro atoms. The zero-order valence-electron chi connectivity index (χ0n) is 11.8. The number of benzene rings is 2. The molecule has 0 aliphatic rings. The Hall–Kier alpha value is -2.53. The second-order valence-electron chi connectivity index (χ2n) is 4.84. The normalized spacial score (nSPS) is 11.1. The van der Waals surface area contributed by atoms with Crippen molar-refractivity contribution in [1.82, 2.24) is 9.55 Å². The highest BCUT2D eigenvalue weighted by molar-refractivity contribution is 5.81. The number of nitrogens with zero attached hydrogens (tertiary/aromatic N) is 2. The topological polar surface area (TPSA) is 73.3 Å². The Labute approximate surface area is 122 Å². The minimum absolute atomic E-state index is 0.0675. The first-order chi connectivity index (χ1) is 10.2. The van der Waals surface area contributed by atoms with Crippen LogP contribution in [0.2, 0.25) is 0 Å². The van der Waals surface area contributed by atoms with Gasteiger partial charge in [-0.2, -0.15) is 0 Å². The van der Waals surface area contributed by atoms with Gasteiger partial charge in [-0.05, 0) is 30.3 Å². The van der Waals surface area contributed by atoms with Gasteiger partial charge in [0.05, 0.1) is 23.3 Å². The molecule has 0 aliphatic carbocycles. The van der Waals surface area contributed by atoms with Gasteiger partial charge in [-0.3, -0.25) is 0 Å². The fraction of sp³-hybridized carbons (Fsp3) is 0.188. The van der Waals surface area contributed by atoms with Crippen molar-refractivity contribution in [3.63, 3.8) is 0 Å². The van der Waals surface area contributed by atoms with Crippen molar-refractivity contribution < 1.29 is 9.84 Å². The van der Waals surface area contributed by atoms with Gasteiger partial charge < -0.3 is 20.1 Å². The molecule has 21 heavy (non-hydrogen) atoms. The zero-order chi connectivity index (χ0) is 14.8. The number of nitrogen functional groups attached to an aromatic ring is 1. The highest BCUT2D eigenvalue weighted by Crippen LogP contribution is 2.29. The highest BCUT2D eigenvalue weighted by atomic mass is 16.5. The number of para-hydroxylation sites is 2. The summed E-state index contributed by atoms with van der Waals surface area (Å²) < 4.78 is 7.27. The summed E-state index contributed by atoms with van der Waals surface area (Å²) in [6.07, 6.45) is 0. The summed E-state index contributed by atoms with van der Waals surface area (Å²) in [4.78, 5) is 4.66. The predicted molar refractivity (Wildman–Crippen MR) is 83.1 cm³/mol. The van der Waals surface area contributed by atoms with Gasteiger partial charge in [0.15, 0.2) is 0 Å². The SMILES string of the molecule is COCCn1c(-c2ccc(N)c(O)c2)nc2ccccc21. The molecule has 0 radical (unpaired) electrons. The van der Waals surface area contributed by atoms with E-state index in [1.54, 1.807) is 19.2 Å². The van der Waals surface area contributed by atoms with Crippen LogP contribution in [0.5, 0.6) is 5.75 Å². The van der Waals surface area contributed by atoms with Crippen LogP contribution in [0.15, 0.2) is 42.5 Å². The molecule has 0 atom stereocenters. The smallest absolute Gasteiger partial charge is 0.141 e. The summed E-state index contributed by atoms with van der Waals surface area (Å²) in [5, 5.41) is 9.82. The molecule has 2 aromatic carbocycles. The van der Waals surface area contributed by atoms with E-state index in [1.165, 1.54) is 0 Å². The lowest BCUT2D eigenvalue weighted by Gasteiger charge is -2.09. The summed E-state index contributed by atoms with van der Waals surface area (Å²) in [5.74, 6) is 0.862. The number of nitrogens with two attached hydrogens (primary N) is 1. The molecule has 3 rings (SSSR count). The van der Waals surface area contributed by atoms with E-state index < -0.39 is 0 Å². The number of aromatic nitrogens is 2. The third kappa shape index (κ3) is 2.43. The molecule has 1 heterocycles. The molecule has 5 nitrogen and oxygen atoms in total. The molecule has 0 saturated carbocycles. The highest BCUT2D eigenvalue weighted by Gasteiger charge is 2.13. The van der Waals surface area contributed by atoms with E-state index in [9.17, 15) is 5.11 Å². The van der Waals surface area contributed by atoms with Gasteiger partial charge in [-0.15, -0.1) is 0 Å². The summed E-state index contributed by atoms with van der Waals surface area (Å²) in [5.41, 5.74) is 8.81. The number of ether oxygens (including phenoxy) is 1. The van der Waals surface area contributed by atoms with Gasteiger partial charge in [0.25, 0.3) is 0 Å². The number of methoxy groups -OCH3 is 1. The Bertz CT molecular complexity index is 780. The fourth-order valence-electron chi connectivity index (χ4n) is 2.39. The van der Waals surface area contributed by atoms with Gasteiger partial charge in [0.1, 0.15) is 11.6 Å². The van der Waals surface area contributed by atoms with E-state index in [4.69, 9.17) is 10.5 Å². The molecule has 0 bridgehead atoms. The number of aromatic hydroxyl groups is 1. The van der Waals surface area contributed by atoms with Gasteiger partial charge in [0.2, 0.25) is 0 Å². The second kappa shape index (κ2) is 5.46. The van der Waals surface area contributed by atoms with Crippen LogP contribution in [0.4, 0.5) is 5.69 Å². The largest absolute Gasteiger partial charge is 0.506 e.